The summed E-state index contributed by atoms with van der Waals surface area (Å²) in [6, 6.07) is -3.88. The van der Waals surface area contributed by atoms with Gasteiger partial charge in [-0.05, 0) is 57.1 Å². The minimum absolute atomic E-state index is 0.0622. The van der Waals surface area contributed by atoms with Crippen LogP contribution in [0.4, 0.5) is 0 Å². The maximum atomic E-state index is 13.1. The largest absolute Gasteiger partial charge is 0.480 e. The van der Waals surface area contributed by atoms with E-state index in [1.807, 2.05) is 6.26 Å². The topological polar surface area (TPSA) is 211 Å². The van der Waals surface area contributed by atoms with Crippen LogP contribution in [0.25, 0.3) is 0 Å². The van der Waals surface area contributed by atoms with Gasteiger partial charge in [-0.1, -0.05) is 6.42 Å². The smallest absolute Gasteiger partial charge is 0.326 e. The van der Waals surface area contributed by atoms with Crippen LogP contribution in [0, 0.1) is 0 Å². The Morgan fingerprint density at radius 1 is 1.06 bits per heavy atom. The second-order valence-corrected chi connectivity index (χ2v) is 9.31. The maximum Gasteiger partial charge on any atom is 0.326 e. The van der Waals surface area contributed by atoms with Gasteiger partial charge in [0.05, 0.1) is 6.04 Å². The van der Waals surface area contributed by atoms with E-state index in [0.717, 1.165) is 0 Å². The van der Waals surface area contributed by atoms with Crippen LogP contribution in [-0.2, 0) is 24.0 Å². The normalized spacial score (nSPS) is 18.1. The first-order chi connectivity index (χ1) is 16.1. The van der Waals surface area contributed by atoms with Crippen LogP contribution in [0.3, 0.4) is 0 Å². The van der Waals surface area contributed by atoms with Crippen molar-refractivity contribution in [1.29, 1.82) is 0 Å². The van der Waals surface area contributed by atoms with Gasteiger partial charge in [-0.25, -0.2) is 4.79 Å². The molecule has 12 nitrogen and oxygen atoms in total. The quantitative estimate of drug-likeness (QED) is 0.135. The first-order valence-corrected chi connectivity index (χ1v) is 12.9. The third-order valence-corrected chi connectivity index (χ3v) is 6.31. The predicted molar refractivity (Wildman–Crippen MR) is 129 cm³/mol. The molecule has 194 valence electrons. The highest BCUT2D eigenvalue weighted by Gasteiger charge is 2.38. The molecule has 0 spiro atoms. The summed E-state index contributed by atoms with van der Waals surface area (Å²) in [7, 11) is 0. The molecule has 34 heavy (non-hydrogen) atoms. The van der Waals surface area contributed by atoms with Crippen molar-refractivity contribution in [3.63, 3.8) is 0 Å². The van der Waals surface area contributed by atoms with Crippen molar-refractivity contribution >= 4 is 41.4 Å². The van der Waals surface area contributed by atoms with E-state index >= 15 is 0 Å². The first kappa shape index (κ1) is 29.7. The van der Waals surface area contributed by atoms with E-state index in [2.05, 4.69) is 10.6 Å². The lowest BCUT2D eigenvalue weighted by Crippen LogP contribution is -2.57. The summed E-state index contributed by atoms with van der Waals surface area (Å²) in [5.41, 5.74) is 16.6. The van der Waals surface area contributed by atoms with Crippen LogP contribution in [-0.4, -0.2) is 88.9 Å². The molecular formula is C21H38N6O6S. The van der Waals surface area contributed by atoms with Crippen molar-refractivity contribution in [1.82, 2.24) is 15.5 Å². The molecule has 0 aliphatic carbocycles. The number of carbonyl (C=O) groups is 5. The molecule has 0 aromatic carbocycles. The Morgan fingerprint density at radius 3 is 2.32 bits per heavy atom. The molecule has 4 amide bonds. The summed E-state index contributed by atoms with van der Waals surface area (Å²) >= 11 is 1.48. The van der Waals surface area contributed by atoms with E-state index in [1.54, 1.807) is 0 Å². The van der Waals surface area contributed by atoms with Gasteiger partial charge in [0, 0.05) is 13.0 Å². The lowest BCUT2D eigenvalue weighted by atomic mass is 10.1. The van der Waals surface area contributed by atoms with Gasteiger partial charge < -0.3 is 37.8 Å². The lowest BCUT2D eigenvalue weighted by Gasteiger charge is -2.29. The number of carboxylic acids is 1. The number of nitrogens with zero attached hydrogens (tertiary/aromatic N) is 1. The molecule has 9 N–H and O–H groups in total. The maximum absolute atomic E-state index is 13.1. The van der Waals surface area contributed by atoms with Crippen LogP contribution in [0.5, 0.6) is 0 Å². The van der Waals surface area contributed by atoms with E-state index in [-0.39, 0.29) is 19.3 Å². The third-order valence-electron chi connectivity index (χ3n) is 5.66. The number of aliphatic carboxylic acids is 1. The number of nitrogens with two attached hydrogens (primary N) is 3. The fraction of sp³-hybridized carbons (Fsp3) is 0.762. The third kappa shape index (κ3) is 9.85. The van der Waals surface area contributed by atoms with Crippen LogP contribution in [0.15, 0.2) is 0 Å². The number of nitrogens with one attached hydrogen (secondary N) is 2. The second-order valence-electron chi connectivity index (χ2n) is 8.33. The molecule has 1 saturated heterocycles. The molecule has 1 fully saturated rings. The number of thioether (sulfide) groups is 1. The van der Waals surface area contributed by atoms with Crippen molar-refractivity contribution in [3.8, 4) is 0 Å². The van der Waals surface area contributed by atoms with Crippen molar-refractivity contribution < 1.29 is 29.1 Å². The van der Waals surface area contributed by atoms with Gasteiger partial charge >= 0.3 is 5.97 Å². The van der Waals surface area contributed by atoms with Crippen LogP contribution in [0.2, 0.25) is 0 Å². The molecule has 1 rings (SSSR count). The van der Waals surface area contributed by atoms with Gasteiger partial charge in [0.25, 0.3) is 0 Å². The highest BCUT2D eigenvalue weighted by molar-refractivity contribution is 7.98. The molecule has 0 bridgehead atoms. The van der Waals surface area contributed by atoms with Crippen molar-refractivity contribution in [2.45, 2.75) is 75.5 Å². The monoisotopic (exact) mass is 502 g/mol. The van der Waals surface area contributed by atoms with Crippen LogP contribution < -0.4 is 27.8 Å². The number of hydrogen-bond donors (Lipinski definition) is 6. The average Bonchev–Trinajstić information content (AvgIpc) is 3.28. The molecule has 1 aliphatic rings. The van der Waals surface area contributed by atoms with Crippen LogP contribution in [0.1, 0.15) is 51.4 Å². The molecule has 1 heterocycles. The summed E-state index contributed by atoms with van der Waals surface area (Å²) in [5.74, 6) is -2.88. The summed E-state index contributed by atoms with van der Waals surface area (Å²) in [4.78, 5) is 62.8. The second kappa shape index (κ2) is 15.5. The van der Waals surface area contributed by atoms with E-state index in [0.29, 0.717) is 50.9 Å². The molecule has 0 aromatic rings. The number of carboxylic acid groups (broad SMARTS) is 1. The van der Waals surface area contributed by atoms with E-state index in [9.17, 15) is 29.1 Å². The lowest BCUT2D eigenvalue weighted by molar-refractivity contribution is -0.149. The Labute approximate surface area is 204 Å². The minimum Gasteiger partial charge on any atom is -0.480 e. The Balaban J connectivity index is 2.94. The van der Waals surface area contributed by atoms with E-state index < -0.39 is 53.8 Å². The van der Waals surface area contributed by atoms with Gasteiger partial charge in [0.15, 0.2) is 0 Å². The molecule has 4 atom stereocenters. The Bertz CT molecular complexity index is 724. The van der Waals surface area contributed by atoms with E-state index in [1.165, 1.54) is 16.7 Å². The Morgan fingerprint density at radius 2 is 1.74 bits per heavy atom. The Kier molecular flexibility index (Phi) is 13.5. The van der Waals surface area contributed by atoms with Gasteiger partial charge in [-0.2, -0.15) is 11.8 Å². The van der Waals surface area contributed by atoms with Crippen molar-refractivity contribution in [2.75, 3.05) is 25.1 Å². The van der Waals surface area contributed by atoms with Crippen LogP contribution >= 0.6 is 11.8 Å². The number of carbonyl (C=O) groups excluding carboxylic acids is 4. The average molecular weight is 503 g/mol. The number of rotatable bonds is 16. The molecule has 4 unspecified atom stereocenters. The summed E-state index contributed by atoms with van der Waals surface area (Å²) in [6.45, 7) is 0.768. The minimum atomic E-state index is -1.13. The molecule has 0 radical (unpaired) electrons. The van der Waals surface area contributed by atoms with E-state index in [4.69, 9.17) is 17.2 Å². The van der Waals surface area contributed by atoms with Gasteiger partial charge in [-0.3, -0.25) is 19.2 Å². The van der Waals surface area contributed by atoms with Gasteiger partial charge in [0.2, 0.25) is 23.6 Å². The standard InChI is InChI=1S/C21H38N6O6S/c1-34-12-9-15(20(31)27-11-4-6-16(27)21(32)33)26-19(30)14(7-8-17(24)28)25-18(29)13(23)5-2-3-10-22/h13-16H,2-12,22-23H2,1H3,(H2,24,28)(H,25,29)(H,26,30)(H,32,33). The molecule has 1 aliphatic heterocycles. The molecule has 0 aromatic heterocycles. The fourth-order valence-electron chi connectivity index (χ4n) is 3.73. The zero-order valence-electron chi connectivity index (χ0n) is 19.7. The first-order valence-electron chi connectivity index (χ1n) is 11.5. The van der Waals surface area contributed by atoms with Gasteiger partial charge in [0.1, 0.15) is 18.1 Å². The molecular weight excluding hydrogens is 464 g/mol. The number of hydrogen-bond acceptors (Lipinski definition) is 8. The predicted octanol–water partition coefficient (Wildman–Crippen LogP) is -1.49. The number of unbranched alkanes of at least 4 members (excludes halogenated alkanes) is 1. The molecule has 0 saturated carbocycles. The molecule has 13 heteroatoms. The number of amides is 4. The zero-order valence-corrected chi connectivity index (χ0v) is 20.5. The summed E-state index contributed by atoms with van der Waals surface area (Å²) in [6.07, 6.45) is 4.56. The fourth-order valence-corrected chi connectivity index (χ4v) is 4.20. The highest BCUT2D eigenvalue weighted by atomic mass is 32.2. The highest BCUT2D eigenvalue weighted by Crippen LogP contribution is 2.20. The SMILES string of the molecule is CSCCC(NC(=O)C(CCC(N)=O)NC(=O)C(N)CCCCN)C(=O)N1CCCC1C(=O)O. The number of primary amides is 1. The zero-order chi connectivity index (χ0) is 25.7. The number of likely N-dealkylation sites (tertiary alicyclic amines) is 1. The van der Waals surface area contributed by atoms with Gasteiger partial charge in [-0.15, -0.1) is 0 Å². The summed E-state index contributed by atoms with van der Waals surface area (Å²) < 4.78 is 0. The van der Waals surface area contributed by atoms with Crippen molar-refractivity contribution in [2.24, 2.45) is 17.2 Å². The Hall–Kier alpha value is -2.38. The summed E-state index contributed by atoms with van der Waals surface area (Å²) in [5, 5.41) is 14.6. The van der Waals surface area contributed by atoms with Crippen molar-refractivity contribution in [3.05, 3.63) is 0 Å².